The smallest absolute Gasteiger partial charge is 0.406 e. The zero-order valence-corrected chi connectivity index (χ0v) is 30.0. The maximum atomic E-state index is 13.4. The molecule has 3 aromatic carbocycles. The van der Waals surface area contributed by atoms with Gasteiger partial charge in [0.2, 0.25) is 5.95 Å². The summed E-state index contributed by atoms with van der Waals surface area (Å²) in [5.74, 6) is -0.165. The van der Waals surface area contributed by atoms with E-state index in [0.717, 1.165) is 28.0 Å². The Morgan fingerprint density at radius 3 is 1.40 bits per heavy atom. The summed E-state index contributed by atoms with van der Waals surface area (Å²) in [7, 11) is 0. The lowest BCUT2D eigenvalue weighted by Gasteiger charge is -2.12. The molecular weight excluding hydrogens is 731 g/mol. The second kappa shape index (κ2) is 13.5. The van der Waals surface area contributed by atoms with Crippen LogP contribution in [0.1, 0.15) is 34.0 Å². The standard InChI is InChI=1S/C20H16F3N3O.C19H14F4N4O/c1-11-6-4-5-7-15(11)19-25-13(3)18-12(2)24-16-9-8-14(27-20(21,22)23)10-17(16)26(18)19;1-9-13(5-7-16(20)25-9)18-26-11(3)17-10(2)24-14-6-4-12(28-19(21,22)23)8-15(14)27(17)18/h4-10H,1-3H3;4-8H,1-3H3. The third-order valence-electron chi connectivity index (χ3n) is 8.89. The van der Waals surface area contributed by atoms with Crippen molar-refractivity contribution < 1.29 is 40.2 Å². The van der Waals surface area contributed by atoms with Crippen LogP contribution in [0.15, 0.2) is 72.8 Å². The van der Waals surface area contributed by atoms with E-state index in [9.17, 15) is 30.7 Å². The molecule has 5 aromatic heterocycles. The molecule has 0 aliphatic rings. The van der Waals surface area contributed by atoms with Crippen molar-refractivity contribution in [1.82, 2.24) is 33.7 Å². The molecule has 0 fully saturated rings. The average molecular weight is 762 g/mol. The Hall–Kier alpha value is -6.32. The number of benzene rings is 3. The molecule has 0 aliphatic carbocycles. The molecule has 5 heterocycles. The zero-order chi connectivity index (χ0) is 39.6. The van der Waals surface area contributed by atoms with E-state index in [2.05, 4.69) is 29.4 Å². The van der Waals surface area contributed by atoms with Gasteiger partial charge in [0.25, 0.3) is 0 Å². The predicted molar refractivity (Wildman–Crippen MR) is 191 cm³/mol. The first-order valence-electron chi connectivity index (χ1n) is 16.7. The second-order valence-electron chi connectivity index (χ2n) is 12.8. The lowest BCUT2D eigenvalue weighted by molar-refractivity contribution is -0.275. The van der Waals surface area contributed by atoms with Gasteiger partial charge < -0.3 is 9.47 Å². The molecule has 0 bridgehead atoms. The molecule has 0 radical (unpaired) electrons. The zero-order valence-electron chi connectivity index (χ0n) is 30.0. The normalized spacial score (nSPS) is 12.1. The first-order chi connectivity index (χ1) is 25.9. The number of halogens is 7. The molecule has 55 heavy (non-hydrogen) atoms. The number of pyridine rings is 1. The van der Waals surface area contributed by atoms with E-state index in [0.29, 0.717) is 61.9 Å². The van der Waals surface area contributed by atoms with E-state index in [4.69, 9.17) is 4.98 Å². The van der Waals surface area contributed by atoms with Crippen LogP contribution in [0.2, 0.25) is 0 Å². The first kappa shape index (κ1) is 37.0. The molecular formula is C39H30F7N7O2. The maximum absolute atomic E-state index is 13.4. The molecule has 282 valence electrons. The number of hydrogen-bond acceptors (Lipinski definition) is 7. The number of aromatic nitrogens is 7. The largest absolute Gasteiger partial charge is 0.573 e. The van der Waals surface area contributed by atoms with Crippen LogP contribution >= 0.6 is 0 Å². The van der Waals surface area contributed by atoms with Crippen LogP contribution in [-0.2, 0) is 0 Å². The highest BCUT2D eigenvalue weighted by molar-refractivity contribution is 5.86. The molecule has 0 N–H and O–H groups in total. The molecule has 8 rings (SSSR count). The van der Waals surface area contributed by atoms with Gasteiger partial charge in [-0.1, -0.05) is 24.3 Å². The van der Waals surface area contributed by atoms with Crippen molar-refractivity contribution in [2.24, 2.45) is 0 Å². The lowest BCUT2D eigenvalue weighted by atomic mass is 10.1. The summed E-state index contributed by atoms with van der Waals surface area (Å²) >= 11 is 0. The molecule has 8 aromatic rings. The number of hydrogen-bond donors (Lipinski definition) is 0. The van der Waals surface area contributed by atoms with Gasteiger partial charge in [0.05, 0.1) is 61.6 Å². The Balaban J connectivity index is 0.000000169. The molecule has 0 unspecified atom stereocenters. The number of fused-ring (bicyclic) bond motifs is 6. The van der Waals surface area contributed by atoms with Gasteiger partial charge in [-0.05, 0) is 83.5 Å². The molecule has 9 nitrogen and oxygen atoms in total. The predicted octanol–water partition coefficient (Wildman–Crippen LogP) is 10.3. The van der Waals surface area contributed by atoms with Gasteiger partial charge in [0, 0.05) is 23.3 Å². The van der Waals surface area contributed by atoms with Gasteiger partial charge in [-0.15, -0.1) is 26.3 Å². The summed E-state index contributed by atoms with van der Waals surface area (Å²) in [6.45, 7) is 10.9. The first-order valence-corrected chi connectivity index (χ1v) is 16.7. The summed E-state index contributed by atoms with van der Waals surface area (Å²) in [5, 5.41) is 0. The molecule has 16 heteroatoms. The summed E-state index contributed by atoms with van der Waals surface area (Å²) < 4.78 is 101. The van der Waals surface area contributed by atoms with Crippen LogP contribution in [0.4, 0.5) is 30.7 Å². The Morgan fingerprint density at radius 2 is 0.945 bits per heavy atom. The topological polar surface area (TPSA) is 91.7 Å². The van der Waals surface area contributed by atoms with Gasteiger partial charge in [0.15, 0.2) is 0 Å². The molecule has 0 amide bonds. The monoisotopic (exact) mass is 761 g/mol. The minimum absolute atomic E-state index is 0.288. The average Bonchev–Trinajstić information content (AvgIpc) is 3.62. The third kappa shape index (κ3) is 7.18. The van der Waals surface area contributed by atoms with Crippen molar-refractivity contribution in [2.75, 3.05) is 0 Å². The number of alkyl halides is 6. The number of ether oxygens (including phenoxy) is 2. The number of aryl methyl sites for hydroxylation is 6. The Bertz CT molecular complexity index is 2790. The van der Waals surface area contributed by atoms with Crippen LogP contribution < -0.4 is 9.47 Å². The fourth-order valence-corrected chi connectivity index (χ4v) is 6.74. The van der Waals surface area contributed by atoms with E-state index in [1.807, 2.05) is 49.4 Å². The number of nitrogens with zero attached hydrogens (tertiary/aromatic N) is 7. The fourth-order valence-electron chi connectivity index (χ4n) is 6.74. The van der Waals surface area contributed by atoms with Crippen LogP contribution in [0.3, 0.4) is 0 Å². The Morgan fingerprint density at radius 1 is 0.491 bits per heavy atom. The van der Waals surface area contributed by atoms with E-state index in [1.54, 1.807) is 31.2 Å². The van der Waals surface area contributed by atoms with Crippen molar-refractivity contribution >= 4 is 33.1 Å². The molecule has 0 saturated heterocycles. The fraction of sp³-hybridized carbons (Fsp3) is 0.205. The quantitative estimate of drug-likeness (QED) is 0.130. The lowest BCUT2D eigenvalue weighted by Crippen LogP contribution is -2.17. The van der Waals surface area contributed by atoms with Gasteiger partial charge in [-0.25, -0.2) is 24.9 Å². The maximum Gasteiger partial charge on any atom is 0.573 e. The second-order valence-corrected chi connectivity index (χ2v) is 12.8. The van der Waals surface area contributed by atoms with E-state index >= 15 is 0 Å². The van der Waals surface area contributed by atoms with Crippen LogP contribution in [0, 0.1) is 47.5 Å². The van der Waals surface area contributed by atoms with E-state index < -0.39 is 18.7 Å². The highest BCUT2D eigenvalue weighted by Crippen LogP contribution is 2.34. The minimum Gasteiger partial charge on any atom is -0.406 e. The highest BCUT2D eigenvalue weighted by atomic mass is 19.4. The van der Waals surface area contributed by atoms with Crippen molar-refractivity contribution in [3.05, 3.63) is 113 Å². The van der Waals surface area contributed by atoms with Crippen LogP contribution in [0.25, 0.3) is 55.9 Å². The van der Waals surface area contributed by atoms with Crippen LogP contribution in [-0.4, -0.2) is 46.4 Å². The third-order valence-corrected chi connectivity index (χ3v) is 8.89. The Kier molecular flexibility index (Phi) is 9.09. The summed E-state index contributed by atoms with van der Waals surface area (Å²) in [4.78, 5) is 22.1. The van der Waals surface area contributed by atoms with Crippen molar-refractivity contribution in [1.29, 1.82) is 0 Å². The minimum atomic E-state index is -4.81. The van der Waals surface area contributed by atoms with Gasteiger partial charge in [-0.3, -0.25) is 8.80 Å². The highest BCUT2D eigenvalue weighted by Gasteiger charge is 2.32. The van der Waals surface area contributed by atoms with Crippen molar-refractivity contribution in [3.63, 3.8) is 0 Å². The van der Waals surface area contributed by atoms with E-state index in [1.165, 1.54) is 42.5 Å². The van der Waals surface area contributed by atoms with Crippen molar-refractivity contribution in [2.45, 2.75) is 54.3 Å². The summed E-state index contributed by atoms with van der Waals surface area (Å²) in [6.07, 6.45) is -9.56. The van der Waals surface area contributed by atoms with E-state index in [-0.39, 0.29) is 11.5 Å². The van der Waals surface area contributed by atoms with Crippen LogP contribution in [0.5, 0.6) is 11.5 Å². The summed E-state index contributed by atoms with van der Waals surface area (Å²) in [6, 6.07) is 18.6. The number of imidazole rings is 2. The Labute approximate surface area is 308 Å². The van der Waals surface area contributed by atoms with Gasteiger partial charge in [-0.2, -0.15) is 4.39 Å². The SMILES string of the molecule is Cc1ccccc1-c1nc(C)c2c(C)nc3ccc(OC(F)(F)F)cc3n12.Cc1nc(F)ccc1-c1nc(C)c2c(C)nc3ccc(OC(F)(F)F)cc3n12. The van der Waals surface area contributed by atoms with Crippen molar-refractivity contribution in [3.8, 4) is 34.3 Å². The van der Waals surface area contributed by atoms with Gasteiger partial charge >= 0.3 is 12.7 Å². The summed E-state index contributed by atoms with van der Waals surface area (Å²) in [5.41, 5.74) is 9.15. The molecule has 0 saturated carbocycles. The van der Waals surface area contributed by atoms with Gasteiger partial charge in [0.1, 0.15) is 23.1 Å². The molecule has 0 aliphatic heterocycles. The number of rotatable bonds is 4. The molecule has 0 spiro atoms. The molecule has 0 atom stereocenters.